The molecule has 4 nitrogen and oxygen atoms in total. The molecule has 0 saturated carbocycles. The lowest BCUT2D eigenvalue weighted by atomic mass is 9.78. The molecule has 1 aliphatic carbocycles. The second-order valence-electron chi connectivity index (χ2n) is 6.76. The van der Waals surface area contributed by atoms with Crippen LogP contribution in [0.3, 0.4) is 0 Å². The van der Waals surface area contributed by atoms with E-state index in [0.717, 1.165) is 11.1 Å². The van der Waals surface area contributed by atoms with E-state index < -0.39 is 11.7 Å². The molecule has 2 rings (SSSR count). The summed E-state index contributed by atoms with van der Waals surface area (Å²) in [5.74, 6) is -0.235. The molecule has 2 atom stereocenters. The Morgan fingerprint density at radius 1 is 1.30 bits per heavy atom. The van der Waals surface area contributed by atoms with E-state index >= 15 is 0 Å². The van der Waals surface area contributed by atoms with Gasteiger partial charge in [-0.25, -0.2) is 0 Å². The highest BCUT2D eigenvalue weighted by Gasteiger charge is 2.32. The number of benzene rings is 1. The molecule has 0 aromatic heterocycles. The second-order valence-corrected chi connectivity index (χ2v) is 6.76. The molecule has 1 aromatic rings. The first-order valence-corrected chi connectivity index (χ1v) is 8.15. The van der Waals surface area contributed by atoms with Gasteiger partial charge in [0, 0.05) is 6.42 Å². The molecule has 4 heteroatoms. The summed E-state index contributed by atoms with van der Waals surface area (Å²) in [4.78, 5) is 11.8. The number of ether oxygens (including phenoxy) is 1. The van der Waals surface area contributed by atoms with E-state index in [9.17, 15) is 15.0 Å². The van der Waals surface area contributed by atoms with Crippen molar-refractivity contribution in [3.8, 4) is 0 Å². The zero-order chi connectivity index (χ0) is 16.9. The van der Waals surface area contributed by atoms with Crippen molar-refractivity contribution in [1.29, 1.82) is 0 Å². The van der Waals surface area contributed by atoms with Crippen LogP contribution in [0.1, 0.15) is 38.7 Å². The van der Waals surface area contributed by atoms with Crippen LogP contribution in [-0.2, 0) is 16.0 Å². The van der Waals surface area contributed by atoms with Crippen LogP contribution in [0, 0.1) is 5.92 Å². The third-order valence-electron chi connectivity index (χ3n) is 4.46. The van der Waals surface area contributed by atoms with Gasteiger partial charge in [0.25, 0.3) is 0 Å². The normalized spacial score (nSPS) is 21.7. The first-order valence-electron chi connectivity index (χ1n) is 8.15. The maximum atomic E-state index is 11.8. The molecule has 0 heterocycles. The van der Waals surface area contributed by atoms with Crippen LogP contribution in [0.5, 0.6) is 0 Å². The van der Waals surface area contributed by atoms with Crippen LogP contribution in [0.4, 0.5) is 0 Å². The molecule has 2 unspecified atom stereocenters. The molecule has 0 fully saturated rings. The summed E-state index contributed by atoms with van der Waals surface area (Å²) in [6, 6.07) is 9.81. The Morgan fingerprint density at radius 3 is 2.61 bits per heavy atom. The Balaban J connectivity index is 1.77. The quantitative estimate of drug-likeness (QED) is 0.625. The molecule has 0 saturated heterocycles. The van der Waals surface area contributed by atoms with Crippen molar-refractivity contribution in [2.75, 3.05) is 6.61 Å². The molecule has 1 aromatic carbocycles. The number of aliphatic hydroxyl groups is 2. The molecule has 0 radical (unpaired) electrons. The molecule has 23 heavy (non-hydrogen) atoms. The predicted molar refractivity (Wildman–Crippen MR) is 88.8 cm³/mol. The highest BCUT2D eigenvalue weighted by molar-refractivity contribution is 5.69. The summed E-state index contributed by atoms with van der Waals surface area (Å²) in [5, 5.41) is 20.2. The van der Waals surface area contributed by atoms with Crippen molar-refractivity contribution in [1.82, 2.24) is 0 Å². The van der Waals surface area contributed by atoms with Crippen LogP contribution in [0.2, 0.25) is 0 Å². The Kier molecular flexibility index (Phi) is 5.97. The van der Waals surface area contributed by atoms with Crippen molar-refractivity contribution in [2.45, 2.75) is 51.2 Å². The predicted octanol–water partition coefficient (Wildman–Crippen LogP) is 2.63. The largest absolute Gasteiger partial charge is 0.461 e. The maximum absolute atomic E-state index is 11.8. The minimum atomic E-state index is -0.810. The number of aryl methyl sites for hydroxylation is 1. The highest BCUT2D eigenvalue weighted by Crippen LogP contribution is 2.32. The first-order chi connectivity index (χ1) is 10.9. The van der Waals surface area contributed by atoms with Gasteiger partial charge >= 0.3 is 5.97 Å². The maximum Gasteiger partial charge on any atom is 0.306 e. The lowest BCUT2D eigenvalue weighted by Crippen LogP contribution is -2.36. The number of esters is 1. The fraction of sp³-hybridized carbons (Fsp3) is 0.526. The third kappa shape index (κ3) is 5.48. The van der Waals surface area contributed by atoms with Crippen LogP contribution in [-0.4, -0.2) is 34.5 Å². The van der Waals surface area contributed by atoms with Gasteiger partial charge in [-0.3, -0.25) is 4.79 Å². The van der Waals surface area contributed by atoms with Gasteiger partial charge in [0.15, 0.2) is 0 Å². The number of rotatable bonds is 6. The van der Waals surface area contributed by atoms with Crippen molar-refractivity contribution in [3.05, 3.63) is 47.5 Å². The minimum absolute atomic E-state index is 0.0232. The molecule has 1 aliphatic rings. The van der Waals surface area contributed by atoms with Crippen molar-refractivity contribution < 1.29 is 19.7 Å². The summed E-state index contributed by atoms with van der Waals surface area (Å²) in [6.07, 6.45) is 3.42. The second kappa shape index (κ2) is 7.75. The van der Waals surface area contributed by atoms with Gasteiger partial charge in [0.05, 0.1) is 11.7 Å². The third-order valence-corrected chi connectivity index (χ3v) is 4.46. The van der Waals surface area contributed by atoms with Gasteiger partial charge < -0.3 is 14.9 Å². The van der Waals surface area contributed by atoms with Crippen LogP contribution >= 0.6 is 0 Å². The number of hydrogen-bond donors (Lipinski definition) is 2. The highest BCUT2D eigenvalue weighted by atomic mass is 16.5. The lowest BCUT2D eigenvalue weighted by molar-refractivity contribution is -0.143. The average molecular weight is 318 g/mol. The first kappa shape index (κ1) is 17.7. The van der Waals surface area contributed by atoms with E-state index in [1.165, 1.54) is 0 Å². The van der Waals surface area contributed by atoms with E-state index in [0.29, 0.717) is 25.7 Å². The van der Waals surface area contributed by atoms with E-state index in [1.54, 1.807) is 13.8 Å². The summed E-state index contributed by atoms with van der Waals surface area (Å²) in [6.45, 7) is 3.65. The van der Waals surface area contributed by atoms with E-state index in [-0.39, 0.29) is 18.5 Å². The summed E-state index contributed by atoms with van der Waals surface area (Å²) >= 11 is 0. The zero-order valence-corrected chi connectivity index (χ0v) is 13.9. The minimum Gasteiger partial charge on any atom is -0.461 e. The molecule has 0 aliphatic heterocycles. The molecule has 0 amide bonds. The van der Waals surface area contributed by atoms with Crippen LogP contribution in [0.15, 0.2) is 42.0 Å². The molecule has 0 spiro atoms. The number of carbonyl (C=O) groups is 1. The van der Waals surface area contributed by atoms with Gasteiger partial charge in [0.2, 0.25) is 0 Å². The average Bonchev–Trinajstić information content (AvgIpc) is 2.51. The molecule has 2 N–H and O–H groups in total. The van der Waals surface area contributed by atoms with E-state index in [4.69, 9.17) is 4.74 Å². The van der Waals surface area contributed by atoms with Gasteiger partial charge in [-0.05, 0) is 50.2 Å². The molecular weight excluding hydrogens is 292 g/mol. The van der Waals surface area contributed by atoms with Gasteiger partial charge in [-0.1, -0.05) is 36.4 Å². The fourth-order valence-corrected chi connectivity index (χ4v) is 2.81. The fourth-order valence-electron chi connectivity index (χ4n) is 2.81. The lowest BCUT2D eigenvalue weighted by Gasteiger charge is -2.34. The summed E-state index contributed by atoms with van der Waals surface area (Å²) in [7, 11) is 0. The van der Waals surface area contributed by atoms with Gasteiger partial charge in [-0.15, -0.1) is 0 Å². The SMILES string of the molecule is CC(C)(O)C1CC=C(COC(=O)CCc2ccccc2)C(O)C1. The Labute approximate surface area is 137 Å². The number of aliphatic hydroxyl groups excluding tert-OH is 1. The topological polar surface area (TPSA) is 66.8 Å². The smallest absolute Gasteiger partial charge is 0.306 e. The zero-order valence-electron chi connectivity index (χ0n) is 13.9. The van der Waals surface area contributed by atoms with E-state index in [1.807, 2.05) is 36.4 Å². The summed E-state index contributed by atoms with van der Waals surface area (Å²) in [5.41, 5.74) is 1.03. The Morgan fingerprint density at radius 2 is 2.00 bits per heavy atom. The van der Waals surface area contributed by atoms with Crippen LogP contribution in [0.25, 0.3) is 0 Å². The number of hydrogen-bond acceptors (Lipinski definition) is 4. The molecule has 0 bridgehead atoms. The van der Waals surface area contributed by atoms with Crippen molar-refractivity contribution in [3.63, 3.8) is 0 Å². The number of carbonyl (C=O) groups excluding carboxylic acids is 1. The van der Waals surface area contributed by atoms with Crippen molar-refractivity contribution >= 4 is 5.97 Å². The molecular formula is C19H26O4. The number of allylic oxidation sites excluding steroid dienone is 1. The van der Waals surface area contributed by atoms with E-state index in [2.05, 4.69) is 0 Å². The summed E-state index contributed by atoms with van der Waals surface area (Å²) < 4.78 is 5.26. The monoisotopic (exact) mass is 318 g/mol. The molecule has 126 valence electrons. The van der Waals surface area contributed by atoms with Gasteiger partial charge in [0.1, 0.15) is 6.61 Å². The van der Waals surface area contributed by atoms with Crippen molar-refractivity contribution in [2.24, 2.45) is 5.92 Å². The van der Waals surface area contributed by atoms with Gasteiger partial charge in [-0.2, -0.15) is 0 Å². The Hall–Kier alpha value is -1.65. The van der Waals surface area contributed by atoms with Crippen LogP contribution < -0.4 is 0 Å². The standard InChI is InChI=1S/C19H26O4/c1-19(2,22)16-10-9-15(17(20)12-16)13-23-18(21)11-8-14-6-4-3-5-7-14/h3-7,9,16-17,20,22H,8,10-13H2,1-2H3. The Bertz CT molecular complexity index is 542.